The summed E-state index contributed by atoms with van der Waals surface area (Å²) in [4.78, 5) is 4.53. The van der Waals surface area contributed by atoms with Crippen LogP contribution in [0, 0.1) is 5.92 Å². The van der Waals surface area contributed by atoms with Crippen LogP contribution in [0.5, 0.6) is 0 Å². The van der Waals surface area contributed by atoms with Gasteiger partial charge in [0, 0.05) is 12.2 Å². The molecule has 0 aliphatic carbocycles. The van der Waals surface area contributed by atoms with E-state index in [1.54, 1.807) is 6.20 Å². The fraction of sp³-hybridized carbons (Fsp3) is 0.500. The first-order valence-corrected chi connectivity index (χ1v) is 5.98. The van der Waals surface area contributed by atoms with E-state index in [2.05, 4.69) is 31.1 Å². The van der Waals surface area contributed by atoms with Crippen LogP contribution in [0.2, 0.25) is 0 Å². The second kappa shape index (κ2) is 5.80. The Kier molecular flexibility index (Phi) is 4.68. The molecule has 0 saturated carbocycles. The van der Waals surface area contributed by atoms with E-state index in [-0.39, 0.29) is 0 Å². The monoisotopic (exact) mass is 237 g/mol. The van der Waals surface area contributed by atoms with Crippen molar-refractivity contribution in [2.75, 3.05) is 5.32 Å². The maximum atomic E-state index is 5.64. The number of aromatic nitrogens is 1. The summed E-state index contributed by atoms with van der Waals surface area (Å²) in [7, 11) is 0. The van der Waals surface area contributed by atoms with Crippen LogP contribution in [0.25, 0.3) is 0 Å². The summed E-state index contributed by atoms with van der Waals surface area (Å²) in [5.74, 6) is 0.560. The number of thiocarbonyl (C=S) groups is 1. The summed E-state index contributed by atoms with van der Waals surface area (Å²) < 4.78 is 0. The lowest BCUT2D eigenvalue weighted by atomic mass is 10.0. The van der Waals surface area contributed by atoms with E-state index in [4.69, 9.17) is 18.0 Å². The van der Waals surface area contributed by atoms with E-state index in [1.807, 2.05) is 12.1 Å². The molecule has 0 aromatic carbocycles. The van der Waals surface area contributed by atoms with Gasteiger partial charge in [-0.25, -0.2) is 0 Å². The highest BCUT2D eigenvalue weighted by Gasteiger charge is 2.13. The number of hydrogen-bond acceptors (Lipinski definition) is 3. The highest BCUT2D eigenvalue weighted by Crippen LogP contribution is 2.17. The summed E-state index contributed by atoms with van der Waals surface area (Å²) in [6, 6.07) is 4.27. The van der Waals surface area contributed by atoms with Crippen molar-refractivity contribution in [3.05, 3.63) is 24.0 Å². The maximum absolute atomic E-state index is 5.64. The predicted molar refractivity (Wildman–Crippen MR) is 72.7 cm³/mol. The van der Waals surface area contributed by atoms with Crippen molar-refractivity contribution in [1.29, 1.82) is 0 Å². The Morgan fingerprint density at radius 1 is 1.56 bits per heavy atom. The van der Waals surface area contributed by atoms with Gasteiger partial charge >= 0.3 is 0 Å². The van der Waals surface area contributed by atoms with E-state index in [9.17, 15) is 0 Å². The molecular weight excluding hydrogens is 218 g/mol. The number of anilines is 1. The average Bonchev–Trinajstić information content (AvgIpc) is 2.25. The molecule has 1 aromatic heterocycles. The quantitative estimate of drug-likeness (QED) is 0.773. The molecule has 3 N–H and O–H groups in total. The lowest BCUT2D eigenvalue weighted by Gasteiger charge is -2.23. The van der Waals surface area contributed by atoms with Gasteiger partial charge in [0.05, 0.1) is 5.69 Å². The molecule has 0 bridgehead atoms. The minimum atomic E-state index is 0.335. The third kappa shape index (κ3) is 3.17. The van der Waals surface area contributed by atoms with Gasteiger partial charge in [-0.05, 0) is 24.5 Å². The third-order valence-corrected chi connectivity index (χ3v) is 2.82. The molecular formula is C12H19N3S. The third-order valence-electron chi connectivity index (χ3n) is 2.63. The molecule has 3 nitrogen and oxygen atoms in total. The molecule has 0 aliphatic heterocycles. The van der Waals surface area contributed by atoms with E-state index >= 15 is 0 Å². The van der Waals surface area contributed by atoms with Crippen molar-refractivity contribution in [1.82, 2.24) is 4.98 Å². The van der Waals surface area contributed by atoms with Crippen molar-refractivity contribution in [2.24, 2.45) is 11.7 Å². The summed E-state index contributed by atoms with van der Waals surface area (Å²) in [6.07, 6.45) is 2.76. The number of nitrogens with one attached hydrogen (secondary N) is 1. The maximum Gasteiger partial charge on any atom is 0.124 e. The van der Waals surface area contributed by atoms with Gasteiger partial charge in [-0.15, -0.1) is 0 Å². The summed E-state index contributed by atoms with van der Waals surface area (Å²) in [5.41, 5.74) is 7.24. The highest BCUT2D eigenvalue weighted by molar-refractivity contribution is 7.80. The Morgan fingerprint density at radius 2 is 2.25 bits per heavy atom. The van der Waals surface area contributed by atoms with Crippen molar-refractivity contribution in [3.63, 3.8) is 0 Å². The number of hydrogen-bond donors (Lipinski definition) is 2. The lowest BCUT2D eigenvalue weighted by Crippen LogP contribution is -2.26. The van der Waals surface area contributed by atoms with Crippen LogP contribution in [-0.2, 0) is 0 Å². The van der Waals surface area contributed by atoms with Crippen molar-refractivity contribution >= 4 is 22.9 Å². The van der Waals surface area contributed by atoms with Crippen LogP contribution in [0.3, 0.4) is 0 Å². The number of nitrogens with two attached hydrogens (primary N) is 1. The zero-order valence-corrected chi connectivity index (χ0v) is 10.8. The Labute approximate surface area is 102 Å². The van der Waals surface area contributed by atoms with Crippen LogP contribution in [0.4, 0.5) is 5.69 Å². The molecule has 0 fully saturated rings. The molecule has 1 heterocycles. The van der Waals surface area contributed by atoms with Gasteiger partial charge in [-0.1, -0.05) is 33.0 Å². The van der Waals surface area contributed by atoms with Gasteiger partial charge in [0.25, 0.3) is 0 Å². The van der Waals surface area contributed by atoms with Gasteiger partial charge < -0.3 is 11.1 Å². The molecule has 16 heavy (non-hydrogen) atoms. The molecule has 0 aliphatic rings. The van der Waals surface area contributed by atoms with Gasteiger partial charge in [-0.2, -0.15) is 0 Å². The Balaban J connectivity index is 2.91. The van der Waals surface area contributed by atoms with Crippen molar-refractivity contribution in [2.45, 2.75) is 33.2 Å². The van der Waals surface area contributed by atoms with Gasteiger partial charge in [-0.3, -0.25) is 4.98 Å². The summed E-state index contributed by atoms with van der Waals surface area (Å²) in [5, 5.41) is 3.45. The first-order chi connectivity index (χ1) is 7.56. The molecule has 0 amide bonds. The fourth-order valence-electron chi connectivity index (χ4n) is 1.66. The van der Waals surface area contributed by atoms with Crippen LogP contribution < -0.4 is 11.1 Å². The van der Waals surface area contributed by atoms with Gasteiger partial charge in [0.1, 0.15) is 10.7 Å². The van der Waals surface area contributed by atoms with E-state index in [0.717, 1.165) is 12.1 Å². The normalized spacial score (nSPS) is 12.5. The number of rotatable bonds is 5. The zero-order valence-electron chi connectivity index (χ0n) is 10.0. The van der Waals surface area contributed by atoms with Crippen LogP contribution in [0.1, 0.15) is 32.9 Å². The fourth-order valence-corrected chi connectivity index (χ4v) is 1.82. The van der Waals surface area contributed by atoms with Gasteiger partial charge in [0.15, 0.2) is 0 Å². The summed E-state index contributed by atoms with van der Waals surface area (Å²) >= 11 is 4.98. The Hall–Kier alpha value is -1.16. The SMILES string of the molecule is CCC(Nc1cccnc1C(N)=S)C(C)C. The average molecular weight is 237 g/mol. The van der Waals surface area contributed by atoms with Crippen molar-refractivity contribution < 1.29 is 0 Å². The second-order valence-corrected chi connectivity index (χ2v) is 4.61. The minimum Gasteiger partial charge on any atom is -0.388 e. The predicted octanol–water partition coefficient (Wildman–Crippen LogP) is 2.56. The van der Waals surface area contributed by atoms with E-state index in [0.29, 0.717) is 22.6 Å². The summed E-state index contributed by atoms with van der Waals surface area (Å²) in [6.45, 7) is 6.55. The molecule has 4 heteroatoms. The highest BCUT2D eigenvalue weighted by atomic mass is 32.1. The molecule has 1 atom stereocenters. The molecule has 0 radical (unpaired) electrons. The Bertz CT molecular complexity index is 363. The molecule has 0 spiro atoms. The van der Waals surface area contributed by atoms with E-state index in [1.165, 1.54) is 0 Å². The largest absolute Gasteiger partial charge is 0.388 e. The second-order valence-electron chi connectivity index (χ2n) is 4.17. The molecule has 1 aromatic rings. The van der Waals surface area contributed by atoms with Crippen LogP contribution in [0.15, 0.2) is 18.3 Å². The lowest BCUT2D eigenvalue weighted by molar-refractivity contribution is 0.511. The standard InChI is InChI=1S/C12H19N3S/c1-4-9(8(2)3)15-10-6-5-7-14-11(10)12(13)16/h5-9,15H,4H2,1-3H3,(H2,13,16). The first-order valence-electron chi connectivity index (χ1n) is 5.57. The molecule has 0 saturated heterocycles. The Morgan fingerprint density at radius 3 is 2.75 bits per heavy atom. The number of pyridine rings is 1. The molecule has 1 rings (SSSR count). The minimum absolute atomic E-state index is 0.335. The number of nitrogens with zero attached hydrogens (tertiary/aromatic N) is 1. The van der Waals surface area contributed by atoms with Crippen LogP contribution in [-0.4, -0.2) is 16.0 Å². The topological polar surface area (TPSA) is 50.9 Å². The molecule has 88 valence electrons. The molecule has 1 unspecified atom stereocenters. The van der Waals surface area contributed by atoms with Crippen molar-refractivity contribution in [3.8, 4) is 0 Å². The smallest absolute Gasteiger partial charge is 0.124 e. The zero-order chi connectivity index (χ0) is 12.1. The first kappa shape index (κ1) is 12.9. The van der Waals surface area contributed by atoms with Crippen LogP contribution >= 0.6 is 12.2 Å². The van der Waals surface area contributed by atoms with Gasteiger partial charge in [0.2, 0.25) is 0 Å². The van der Waals surface area contributed by atoms with E-state index < -0.39 is 0 Å².